The summed E-state index contributed by atoms with van der Waals surface area (Å²) in [6, 6.07) is 15.5. The van der Waals surface area contributed by atoms with Gasteiger partial charge in [0.1, 0.15) is 18.3 Å². The minimum atomic E-state index is -3.78. The van der Waals surface area contributed by atoms with E-state index in [9.17, 15) is 18.0 Å². The molecule has 0 saturated heterocycles. The minimum Gasteiger partial charge on any atom is -0.497 e. The molecule has 0 fully saturated rings. The lowest BCUT2D eigenvalue weighted by atomic mass is 10.1. The molecule has 192 valence electrons. The van der Waals surface area contributed by atoms with Gasteiger partial charge in [0.25, 0.3) is 0 Å². The van der Waals surface area contributed by atoms with E-state index in [-0.39, 0.29) is 18.4 Å². The number of sulfonamides is 1. The van der Waals surface area contributed by atoms with E-state index in [4.69, 9.17) is 4.74 Å². The van der Waals surface area contributed by atoms with E-state index in [0.717, 1.165) is 16.1 Å². The van der Waals surface area contributed by atoms with Crippen LogP contribution in [0.15, 0.2) is 54.6 Å². The van der Waals surface area contributed by atoms with E-state index in [1.165, 1.54) is 12.0 Å². The molecule has 35 heavy (non-hydrogen) atoms. The lowest BCUT2D eigenvalue weighted by Crippen LogP contribution is -2.53. The molecule has 2 aromatic carbocycles. The first-order chi connectivity index (χ1) is 16.6. The Kier molecular flexibility index (Phi) is 10.6. The summed E-state index contributed by atoms with van der Waals surface area (Å²) in [5.41, 5.74) is 1.34. The van der Waals surface area contributed by atoms with Crippen molar-refractivity contribution in [2.24, 2.45) is 5.92 Å². The number of carbonyl (C=O) groups excluding carboxylic acids is 2. The second-order valence-electron chi connectivity index (χ2n) is 8.86. The molecule has 0 aliphatic carbocycles. The van der Waals surface area contributed by atoms with Gasteiger partial charge in [-0.2, -0.15) is 0 Å². The Hall–Kier alpha value is -3.07. The normalized spacial score (nSPS) is 12.2. The van der Waals surface area contributed by atoms with Crippen molar-refractivity contribution in [3.05, 3.63) is 60.2 Å². The highest BCUT2D eigenvalue weighted by Crippen LogP contribution is 2.23. The molecule has 0 spiro atoms. The van der Waals surface area contributed by atoms with Gasteiger partial charge in [-0.1, -0.05) is 57.2 Å². The van der Waals surface area contributed by atoms with E-state index in [1.54, 1.807) is 24.3 Å². The second kappa shape index (κ2) is 13.1. The number of hydrogen-bond acceptors (Lipinski definition) is 5. The summed E-state index contributed by atoms with van der Waals surface area (Å²) in [7, 11) is -2.29. The zero-order chi connectivity index (χ0) is 26.0. The maximum absolute atomic E-state index is 13.6. The van der Waals surface area contributed by atoms with Gasteiger partial charge in [-0.15, -0.1) is 0 Å². The Labute approximate surface area is 209 Å². The Balaban J connectivity index is 2.35. The Morgan fingerprint density at radius 3 is 2.31 bits per heavy atom. The van der Waals surface area contributed by atoms with Crippen molar-refractivity contribution in [2.45, 2.75) is 39.7 Å². The Morgan fingerprint density at radius 1 is 1.06 bits per heavy atom. The van der Waals surface area contributed by atoms with Gasteiger partial charge in [0.2, 0.25) is 21.8 Å². The highest BCUT2D eigenvalue weighted by molar-refractivity contribution is 7.92. The summed E-state index contributed by atoms with van der Waals surface area (Å²) in [6.07, 6.45) is 2.00. The molecule has 2 aromatic rings. The van der Waals surface area contributed by atoms with E-state index >= 15 is 0 Å². The Morgan fingerprint density at radius 2 is 1.74 bits per heavy atom. The van der Waals surface area contributed by atoms with Crippen LogP contribution in [0.1, 0.15) is 32.8 Å². The van der Waals surface area contributed by atoms with Crippen LogP contribution >= 0.6 is 0 Å². The van der Waals surface area contributed by atoms with Crippen LogP contribution < -0.4 is 14.4 Å². The average molecular weight is 504 g/mol. The summed E-state index contributed by atoms with van der Waals surface area (Å²) >= 11 is 0. The van der Waals surface area contributed by atoms with Crippen LogP contribution in [0.5, 0.6) is 5.75 Å². The summed E-state index contributed by atoms with van der Waals surface area (Å²) in [5, 5.41) is 2.92. The maximum atomic E-state index is 13.6. The van der Waals surface area contributed by atoms with Gasteiger partial charge >= 0.3 is 0 Å². The lowest BCUT2D eigenvalue weighted by molar-refractivity contribution is -0.139. The van der Waals surface area contributed by atoms with Gasteiger partial charge in [0, 0.05) is 19.2 Å². The molecule has 0 aliphatic rings. The quantitative estimate of drug-likeness (QED) is 0.453. The fraction of sp³-hybridized carbons (Fsp3) is 0.462. The molecule has 0 aromatic heterocycles. The molecule has 9 heteroatoms. The zero-order valence-corrected chi connectivity index (χ0v) is 22.0. The van der Waals surface area contributed by atoms with Crippen LogP contribution in [0.3, 0.4) is 0 Å². The van der Waals surface area contributed by atoms with Crippen molar-refractivity contribution in [3.8, 4) is 5.75 Å². The maximum Gasteiger partial charge on any atom is 0.244 e. The molecular formula is C26H37N3O5S. The van der Waals surface area contributed by atoms with Gasteiger partial charge in [-0.05, 0) is 36.5 Å². The van der Waals surface area contributed by atoms with Crippen LogP contribution in [-0.2, 0) is 26.0 Å². The number of nitrogens with zero attached hydrogens (tertiary/aromatic N) is 2. The molecule has 0 heterocycles. The molecule has 2 amide bonds. The monoisotopic (exact) mass is 503 g/mol. The van der Waals surface area contributed by atoms with Crippen LogP contribution in [-0.4, -0.2) is 64.2 Å². The van der Waals surface area contributed by atoms with E-state index in [1.807, 2.05) is 51.1 Å². The number of ether oxygens (including phenoxy) is 1. The number of benzene rings is 2. The van der Waals surface area contributed by atoms with Crippen molar-refractivity contribution < 1.29 is 22.7 Å². The molecule has 2 rings (SSSR count). The topological polar surface area (TPSA) is 96.0 Å². The number of rotatable bonds is 13. The molecule has 0 radical (unpaired) electrons. The van der Waals surface area contributed by atoms with E-state index in [0.29, 0.717) is 30.8 Å². The van der Waals surface area contributed by atoms with Gasteiger partial charge in [0.05, 0.1) is 19.1 Å². The fourth-order valence-electron chi connectivity index (χ4n) is 3.70. The van der Waals surface area contributed by atoms with Crippen LogP contribution in [0.2, 0.25) is 0 Å². The molecule has 1 N–H and O–H groups in total. The highest BCUT2D eigenvalue weighted by atomic mass is 32.2. The lowest BCUT2D eigenvalue weighted by Gasteiger charge is -2.33. The molecule has 8 nitrogen and oxygen atoms in total. The first-order valence-electron chi connectivity index (χ1n) is 11.8. The largest absolute Gasteiger partial charge is 0.497 e. The molecular weight excluding hydrogens is 466 g/mol. The number of anilines is 1. The fourth-order valence-corrected chi connectivity index (χ4v) is 4.54. The Bertz CT molecular complexity index is 1070. The first kappa shape index (κ1) is 28.2. The standard InChI is InChI=1S/C26H37N3O5S/c1-6-24(26(31)27-18-20(2)3)28(16-15-21-11-8-7-9-12-21)25(30)19-29(35(5,32)33)22-13-10-14-23(17-22)34-4/h7-14,17,20,24H,6,15-16,18-19H2,1-5H3,(H,27,31)/t24-/m0/s1. The second-order valence-corrected chi connectivity index (χ2v) is 10.8. The van der Waals surface area contributed by atoms with Crippen LogP contribution in [0.25, 0.3) is 0 Å². The third kappa shape index (κ3) is 8.58. The van der Waals surface area contributed by atoms with Crippen LogP contribution in [0.4, 0.5) is 5.69 Å². The van der Waals surface area contributed by atoms with Crippen molar-refractivity contribution in [3.63, 3.8) is 0 Å². The summed E-state index contributed by atoms with van der Waals surface area (Å²) in [5.74, 6) is 0.0540. The third-order valence-corrected chi connectivity index (χ3v) is 6.72. The minimum absolute atomic E-state index is 0.241. The molecule has 1 atom stereocenters. The molecule has 0 aliphatic heterocycles. The SMILES string of the molecule is CC[C@@H](C(=O)NCC(C)C)N(CCc1ccccc1)C(=O)CN(c1cccc(OC)c1)S(C)(=O)=O. The average Bonchev–Trinajstić information content (AvgIpc) is 2.83. The number of hydrogen-bond donors (Lipinski definition) is 1. The van der Waals surface area contributed by atoms with Crippen LogP contribution in [0, 0.1) is 5.92 Å². The molecule has 0 unspecified atom stereocenters. The predicted molar refractivity (Wildman–Crippen MR) is 139 cm³/mol. The zero-order valence-electron chi connectivity index (χ0n) is 21.2. The smallest absolute Gasteiger partial charge is 0.244 e. The first-order valence-corrected chi connectivity index (χ1v) is 13.6. The van der Waals surface area contributed by atoms with Crippen molar-refractivity contribution in [1.82, 2.24) is 10.2 Å². The number of nitrogens with one attached hydrogen (secondary N) is 1. The summed E-state index contributed by atoms with van der Waals surface area (Å²) in [6.45, 7) is 6.20. The third-order valence-electron chi connectivity index (χ3n) is 5.58. The molecule has 0 saturated carbocycles. The van der Waals surface area contributed by atoms with Crippen molar-refractivity contribution >= 4 is 27.5 Å². The van der Waals surface area contributed by atoms with Gasteiger partial charge in [0.15, 0.2) is 0 Å². The molecule has 0 bridgehead atoms. The highest BCUT2D eigenvalue weighted by Gasteiger charge is 2.31. The van der Waals surface area contributed by atoms with Gasteiger partial charge in [-0.25, -0.2) is 8.42 Å². The number of amides is 2. The predicted octanol–water partition coefficient (Wildman–Crippen LogP) is 3.08. The van der Waals surface area contributed by atoms with Gasteiger partial charge in [-0.3, -0.25) is 13.9 Å². The summed E-state index contributed by atoms with van der Waals surface area (Å²) in [4.78, 5) is 28.1. The number of methoxy groups -OCH3 is 1. The van der Waals surface area contributed by atoms with Crippen molar-refractivity contribution in [2.75, 3.05) is 37.3 Å². The number of carbonyl (C=O) groups is 2. The summed E-state index contributed by atoms with van der Waals surface area (Å²) < 4.78 is 31.6. The van der Waals surface area contributed by atoms with Gasteiger partial charge < -0.3 is 15.0 Å². The van der Waals surface area contributed by atoms with Crippen molar-refractivity contribution in [1.29, 1.82) is 0 Å². The van der Waals surface area contributed by atoms with E-state index in [2.05, 4.69) is 5.32 Å². The van der Waals surface area contributed by atoms with E-state index < -0.39 is 28.5 Å².